The van der Waals surface area contributed by atoms with E-state index in [1.54, 1.807) is 24.3 Å². The van der Waals surface area contributed by atoms with E-state index in [9.17, 15) is 9.18 Å². The summed E-state index contributed by atoms with van der Waals surface area (Å²) in [6.45, 7) is 1.86. The minimum absolute atomic E-state index is 0.168. The standard InChI is InChI=1S/C20H23BrFNO4/c1-12(14-9-17(25-2)20(27-4)18(10-14)26-3)23-19(24)8-6-13-5-7-15(21)11-16(13)22/h5,7,9-12H,6,8H2,1-4H3,(H,23,24). The van der Waals surface area contributed by atoms with E-state index >= 15 is 0 Å². The van der Waals surface area contributed by atoms with Crippen LogP contribution in [0.25, 0.3) is 0 Å². The van der Waals surface area contributed by atoms with Crippen molar-refractivity contribution >= 4 is 21.8 Å². The molecule has 0 heterocycles. The highest BCUT2D eigenvalue weighted by Crippen LogP contribution is 2.39. The average molecular weight is 440 g/mol. The molecule has 1 N–H and O–H groups in total. The van der Waals surface area contributed by atoms with E-state index in [-0.39, 0.29) is 24.2 Å². The maximum absolute atomic E-state index is 13.9. The molecule has 2 rings (SSSR count). The Morgan fingerprint density at radius 3 is 2.26 bits per heavy atom. The number of carbonyl (C=O) groups excluding carboxylic acids is 1. The number of amides is 1. The van der Waals surface area contributed by atoms with Crippen LogP contribution in [0, 0.1) is 5.82 Å². The quantitative estimate of drug-likeness (QED) is 0.660. The van der Waals surface area contributed by atoms with Crippen LogP contribution in [0.1, 0.15) is 30.5 Å². The molecular formula is C20H23BrFNO4. The van der Waals surface area contributed by atoms with Gasteiger partial charge in [-0.25, -0.2) is 4.39 Å². The van der Waals surface area contributed by atoms with Crippen LogP contribution in [0.15, 0.2) is 34.8 Å². The summed E-state index contributed by atoms with van der Waals surface area (Å²) < 4.78 is 30.5. The molecule has 7 heteroatoms. The van der Waals surface area contributed by atoms with Crippen LogP contribution < -0.4 is 19.5 Å². The number of hydrogen-bond acceptors (Lipinski definition) is 4. The lowest BCUT2D eigenvalue weighted by Crippen LogP contribution is -2.27. The van der Waals surface area contributed by atoms with Crippen molar-refractivity contribution in [3.8, 4) is 17.2 Å². The van der Waals surface area contributed by atoms with Crippen molar-refractivity contribution in [1.29, 1.82) is 0 Å². The third-order valence-corrected chi connectivity index (χ3v) is 4.69. The fourth-order valence-corrected chi connectivity index (χ4v) is 3.05. The molecule has 0 saturated carbocycles. The van der Waals surface area contributed by atoms with E-state index in [1.807, 2.05) is 6.92 Å². The molecule has 2 aromatic carbocycles. The second-order valence-corrected chi connectivity index (χ2v) is 6.90. The minimum Gasteiger partial charge on any atom is -0.493 e. The van der Waals surface area contributed by atoms with Crippen LogP contribution in [0.5, 0.6) is 17.2 Å². The number of nitrogens with one attached hydrogen (secondary N) is 1. The third kappa shape index (κ3) is 5.35. The van der Waals surface area contributed by atoms with Gasteiger partial charge >= 0.3 is 0 Å². The highest BCUT2D eigenvalue weighted by molar-refractivity contribution is 9.10. The van der Waals surface area contributed by atoms with Crippen molar-refractivity contribution in [1.82, 2.24) is 5.32 Å². The van der Waals surface area contributed by atoms with Crippen molar-refractivity contribution in [3.05, 3.63) is 51.7 Å². The van der Waals surface area contributed by atoms with Crippen molar-refractivity contribution in [2.24, 2.45) is 0 Å². The summed E-state index contributed by atoms with van der Waals surface area (Å²) in [5, 5.41) is 2.91. The lowest BCUT2D eigenvalue weighted by atomic mass is 10.1. The zero-order chi connectivity index (χ0) is 20.0. The Hall–Kier alpha value is -2.28. The van der Waals surface area contributed by atoms with Crippen LogP contribution in [0.4, 0.5) is 4.39 Å². The Morgan fingerprint density at radius 1 is 1.11 bits per heavy atom. The molecule has 0 aliphatic carbocycles. The van der Waals surface area contributed by atoms with Gasteiger partial charge in [0, 0.05) is 10.9 Å². The van der Waals surface area contributed by atoms with Gasteiger partial charge in [-0.05, 0) is 48.7 Å². The van der Waals surface area contributed by atoms with Crippen molar-refractivity contribution in [2.45, 2.75) is 25.8 Å². The fraction of sp³-hybridized carbons (Fsp3) is 0.350. The van der Waals surface area contributed by atoms with E-state index in [2.05, 4.69) is 21.2 Å². The van der Waals surface area contributed by atoms with Crippen LogP contribution in [0.2, 0.25) is 0 Å². The summed E-state index contributed by atoms with van der Waals surface area (Å²) in [6, 6.07) is 8.14. The maximum Gasteiger partial charge on any atom is 0.220 e. The summed E-state index contributed by atoms with van der Waals surface area (Å²) in [7, 11) is 4.61. The molecule has 1 amide bonds. The van der Waals surface area contributed by atoms with Crippen LogP contribution in [-0.2, 0) is 11.2 Å². The zero-order valence-electron chi connectivity index (χ0n) is 15.8. The highest BCUT2D eigenvalue weighted by Gasteiger charge is 2.18. The Kier molecular flexibility index (Phi) is 7.47. The van der Waals surface area contributed by atoms with E-state index in [4.69, 9.17) is 14.2 Å². The van der Waals surface area contributed by atoms with Gasteiger partial charge in [-0.3, -0.25) is 4.79 Å². The van der Waals surface area contributed by atoms with Gasteiger partial charge in [0.05, 0.1) is 27.4 Å². The van der Waals surface area contributed by atoms with Gasteiger partial charge in [0.25, 0.3) is 0 Å². The third-order valence-electron chi connectivity index (χ3n) is 4.20. The van der Waals surface area contributed by atoms with E-state index in [0.29, 0.717) is 33.7 Å². The fourth-order valence-electron chi connectivity index (χ4n) is 2.72. The summed E-state index contributed by atoms with van der Waals surface area (Å²) in [5.74, 6) is 1.04. The van der Waals surface area contributed by atoms with E-state index < -0.39 is 0 Å². The number of hydrogen-bond donors (Lipinski definition) is 1. The number of halogens is 2. The monoisotopic (exact) mass is 439 g/mol. The summed E-state index contributed by atoms with van der Waals surface area (Å²) >= 11 is 3.22. The molecule has 5 nitrogen and oxygen atoms in total. The van der Waals surface area contributed by atoms with Gasteiger partial charge < -0.3 is 19.5 Å². The smallest absolute Gasteiger partial charge is 0.220 e. The molecule has 146 valence electrons. The van der Waals surface area contributed by atoms with Crippen molar-refractivity contribution in [3.63, 3.8) is 0 Å². The lowest BCUT2D eigenvalue weighted by molar-refractivity contribution is -0.121. The second kappa shape index (κ2) is 9.60. The molecule has 0 fully saturated rings. The highest BCUT2D eigenvalue weighted by atomic mass is 79.9. The first-order chi connectivity index (χ1) is 12.9. The molecule has 27 heavy (non-hydrogen) atoms. The molecule has 1 atom stereocenters. The Labute approximate surface area is 166 Å². The number of aryl methyl sites for hydroxylation is 1. The van der Waals surface area contributed by atoms with Crippen LogP contribution >= 0.6 is 15.9 Å². The average Bonchev–Trinajstić information content (AvgIpc) is 2.65. The predicted octanol–water partition coefficient (Wildman–Crippen LogP) is 4.42. The Balaban J connectivity index is 2.05. The molecule has 0 saturated heterocycles. The normalized spacial score (nSPS) is 11.6. The number of carbonyl (C=O) groups is 1. The number of rotatable bonds is 8. The first kappa shape index (κ1) is 21.0. The lowest BCUT2D eigenvalue weighted by Gasteiger charge is -2.19. The SMILES string of the molecule is COc1cc(C(C)NC(=O)CCc2ccc(Br)cc2F)cc(OC)c1OC. The zero-order valence-corrected chi connectivity index (χ0v) is 17.4. The molecule has 0 spiro atoms. The molecule has 0 radical (unpaired) electrons. The number of methoxy groups -OCH3 is 3. The summed E-state index contributed by atoms with van der Waals surface area (Å²) in [5.41, 5.74) is 1.32. The molecule has 0 bridgehead atoms. The molecule has 0 aliphatic rings. The second-order valence-electron chi connectivity index (χ2n) is 5.98. The minimum atomic E-state index is -0.324. The summed E-state index contributed by atoms with van der Waals surface area (Å²) in [4.78, 5) is 12.3. The molecule has 0 aromatic heterocycles. The van der Waals surface area contributed by atoms with E-state index in [1.165, 1.54) is 27.4 Å². The van der Waals surface area contributed by atoms with Gasteiger partial charge in [-0.15, -0.1) is 0 Å². The van der Waals surface area contributed by atoms with Crippen molar-refractivity contribution < 1.29 is 23.4 Å². The topological polar surface area (TPSA) is 56.8 Å². The number of ether oxygens (including phenoxy) is 3. The van der Waals surface area contributed by atoms with Gasteiger partial charge in [0.15, 0.2) is 11.5 Å². The molecular weight excluding hydrogens is 417 g/mol. The number of benzene rings is 2. The Bertz CT molecular complexity index is 788. The van der Waals surface area contributed by atoms with E-state index in [0.717, 1.165) is 5.56 Å². The maximum atomic E-state index is 13.9. The van der Waals surface area contributed by atoms with Gasteiger partial charge in [-0.1, -0.05) is 22.0 Å². The van der Waals surface area contributed by atoms with Gasteiger partial charge in [0.2, 0.25) is 11.7 Å². The summed E-state index contributed by atoms with van der Waals surface area (Å²) in [6.07, 6.45) is 0.514. The van der Waals surface area contributed by atoms with Crippen LogP contribution in [-0.4, -0.2) is 27.2 Å². The molecule has 2 aromatic rings. The van der Waals surface area contributed by atoms with Crippen LogP contribution in [0.3, 0.4) is 0 Å². The van der Waals surface area contributed by atoms with Gasteiger partial charge in [0.1, 0.15) is 5.82 Å². The molecule has 0 aliphatic heterocycles. The Morgan fingerprint density at radius 2 is 1.74 bits per heavy atom. The first-order valence-corrected chi connectivity index (χ1v) is 9.22. The van der Waals surface area contributed by atoms with Gasteiger partial charge in [-0.2, -0.15) is 0 Å². The predicted molar refractivity (Wildman–Crippen MR) is 105 cm³/mol. The molecule has 1 unspecified atom stereocenters. The first-order valence-electron chi connectivity index (χ1n) is 8.42. The van der Waals surface area contributed by atoms with Crippen molar-refractivity contribution in [2.75, 3.05) is 21.3 Å². The largest absolute Gasteiger partial charge is 0.493 e.